The number of anilines is 1. The van der Waals surface area contributed by atoms with E-state index in [0.717, 1.165) is 16.6 Å². The summed E-state index contributed by atoms with van der Waals surface area (Å²) in [5, 5.41) is 4.17. The van der Waals surface area contributed by atoms with Crippen molar-refractivity contribution >= 4 is 16.6 Å². The van der Waals surface area contributed by atoms with Crippen LogP contribution in [0.4, 0.5) is 5.69 Å². The summed E-state index contributed by atoms with van der Waals surface area (Å²) in [5.74, 6) is 4.46. The number of aromatic nitrogens is 1. The largest absolute Gasteiger partial charge is 0.493 e. The van der Waals surface area contributed by atoms with Gasteiger partial charge in [-0.15, -0.1) is 0 Å². The Morgan fingerprint density at radius 1 is 0.714 bits per heavy atom. The highest BCUT2D eigenvalue weighted by Gasteiger charge is 2.12. The second kappa shape index (κ2) is 11.2. The lowest BCUT2D eigenvalue weighted by Gasteiger charge is -2.15. The number of rotatable bonds is 11. The number of methoxy groups -OCH3 is 4. The summed E-state index contributed by atoms with van der Waals surface area (Å²) < 4.78 is 33.5. The Bertz CT molecular complexity index is 1250. The summed E-state index contributed by atoms with van der Waals surface area (Å²) in [6.45, 7) is 1.03. The monoisotopic (exact) mass is 476 g/mol. The van der Waals surface area contributed by atoms with E-state index in [2.05, 4.69) is 10.3 Å². The second-order valence-corrected chi connectivity index (χ2v) is 7.43. The highest BCUT2D eigenvalue weighted by Crippen LogP contribution is 2.38. The Hall–Kier alpha value is -4.33. The van der Waals surface area contributed by atoms with E-state index in [1.54, 1.807) is 34.6 Å². The summed E-state index contributed by atoms with van der Waals surface area (Å²) in [6.07, 6.45) is 1.70. The molecule has 0 saturated carbocycles. The summed E-state index contributed by atoms with van der Waals surface area (Å²) in [5.41, 5.74) is 1.70. The van der Waals surface area contributed by atoms with Crippen molar-refractivity contribution in [3.8, 4) is 40.2 Å². The molecule has 1 N–H and O–H groups in total. The van der Waals surface area contributed by atoms with Gasteiger partial charge in [0, 0.05) is 29.9 Å². The van der Waals surface area contributed by atoms with Crippen LogP contribution in [0.15, 0.2) is 66.9 Å². The van der Waals surface area contributed by atoms with E-state index in [9.17, 15) is 0 Å². The molecule has 0 aliphatic carbocycles. The predicted octanol–water partition coefficient (Wildman–Crippen LogP) is 5.55. The van der Waals surface area contributed by atoms with E-state index in [1.165, 1.54) is 0 Å². The molecule has 1 heterocycles. The van der Waals surface area contributed by atoms with E-state index >= 15 is 0 Å². The molecule has 0 atom stereocenters. The lowest BCUT2D eigenvalue weighted by atomic mass is 10.2. The highest BCUT2D eigenvalue weighted by molar-refractivity contribution is 5.88. The number of pyridine rings is 1. The van der Waals surface area contributed by atoms with Crippen molar-refractivity contribution in [1.82, 2.24) is 4.98 Å². The van der Waals surface area contributed by atoms with Crippen molar-refractivity contribution in [3.63, 3.8) is 0 Å². The highest BCUT2D eigenvalue weighted by atomic mass is 16.5. The van der Waals surface area contributed by atoms with Crippen molar-refractivity contribution < 1.29 is 28.4 Å². The van der Waals surface area contributed by atoms with Gasteiger partial charge < -0.3 is 33.7 Å². The molecule has 0 saturated heterocycles. The number of hydrogen-bond donors (Lipinski definition) is 1. The molecule has 0 spiro atoms. The van der Waals surface area contributed by atoms with Crippen LogP contribution >= 0.6 is 0 Å². The lowest BCUT2D eigenvalue weighted by Crippen LogP contribution is -2.12. The molecule has 182 valence electrons. The molecule has 0 aliphatic rings. The van der Waals surface area contributed by atoms with Crippen LogP contribution in [0.3, 0.4) is 0 Å². The summed E-state index contributed by atoms with van der Waals surface area (Å²) in [6, 6.07) is 18.8. The number of hydrogen-bond acceptors (Lipinski definition) is 8. The van der Waals surface area contributed by atoms with Gasteiger partial charge in [0.15, 0.2) is 23.0 Å². The zero-order valence-electron chi connectivity index (χ0n) is 20.2. The topological polar surface area (TPSA) is 80.3 Å². The molecule has 35 heavy (non-hydrogen) atoms. The molecule has 8 nitrogen and oxygen atoms in total. The van der Waals surface area contributed by atoms with Crippen LogP contribution in [0.1, 0.15) is 0 Å². The minimum absolute atomic E-state index is 0.434. The van der Waals surface area contributed by atoms with Gasteiger partial charge in [0.2, 0.25) is 5.75 Å². The molecule has 0 bridgehead atoms. The average Bonchev–Trinajstić information content (AvgIpc) is 2.91. The number of benzene rings is 3. The van der Waals surface area contributed by atoms with Crippen LogP contribution in [0, 0.1) is 0 Å². The van der Waals surface area contributed by atoms with Gasteiger partial charge in [-0.05, 0) is 48.5 Å². The van der Waals surface area contributed by atoms with E-state index < -0.39 is 0 Å². The number of nitrogens with one attached hydrogen (secondary N) is 1. The molecule has 4 aromatic rings. The molecule has 0 fully saturated rings. The van der Waals surface area contributed by atoms with Crippen molar-refractivity contribution in [2.45, 2.75) is 0 Å². The zero-order chi connectivity index (χ0) is 24.6. The fourth-order valence-corrected chi connectivity index (χ4v) is 3.61. The third kappa shape index (κ3) is 5.43. The molecule has 4 rings (SSSR count). The van der Waals surface area contributed by atoms with Crippen molar-refractivity contribution in [3.05, 3.63) is 66.9 Å². The van der Waals surface area contributed by atoms with Crippen LogP contribution in [-0.4, -0.2) is 46.6 Å². The Labute approximate surface area is 204 Å². The average molecular weight is 477 g/mol. The Kier molecular flexibility index (Phi) is 7.62. The van der Waals surface area contributed by atoms with Gasteiger partial charge in [0.1, 0.15) is 18.1 Å². The number of para-hydroxylation sites is 1. The van der Waals surface area contributed by atoms with E-state index in [0.29, 0.717) is 53.4 Å². The fourth-order valence-electron chi connectivity index (χ4n) is 3.61. The minimum Gasteiger partial charge on any atom is -0.493 e. The van der Waals surface area contributed by atoms with Gasteiger partial charge in [-0.3, -0.25) is 4.98 Å². The smallest absolute Gasteiger partial charge is 0.203 e. The summed E-state index contributed by atoms with van der Waals surface area (Å²) in [4.78, 5) is 4.41. The first-order valence-corrected chi connectivity index (χ1v) is 11.0. The Balaban J connectivity index is 1.38. The second-order valence-electron chi connectivity index (χ2n) is 7.43. The molecule has 8 heteroatoms. The quantitative estimate of drug-likeness (QED) is 0.282. The van der Waals surface area contributed by atoms with E-state index in [1.807, 2.05) is 60.7 Å². The van der Waals surface area contributed by atoms with Gasteiger partial charge in [-0.25, -0.2) is 0 Å². The first-order chi connectivity index (χ1) is 17.2. The Morgan fingerprint density at radius 3 is 2.03 bits per heavy atom. The molecule has 0 amide bonds. The first-order valence-electron chi connectivity index (χ1n) is 11.0. The van der Waals surface area contributed by atoms with Crippen LogP contribution in [0.5, 0.6) is 40.2 Å². The van der Waals surface area contributed by atoms with Gasteiger partial charge in [0.25, 0.3) is 0 Å². The van der Waals surface area contributed by atoms with Crippen LogP contribution in [0.2, 0.25) is 0 Å². The third-order valence-electron chi connectivity index (χ3n) is 5.35. The number of ether oxygens (including phenoxy) is 6. The van der Waals surface area contributed by atoms with Gasteiger partial charge in [0.05, 0.1) is 34.0 Å². The van der Waals surface area contributed by atoms with Crippen molar-refractivity contribution in [2.24, 2.45) is 0 Å². The van der Waals surface area contributed by atoms with Crippen LogP contribution < -0.4 is 33.7 Å². The molecule has 0 unspecified atom stereocenters. The maximum absolute atomic E-state index is 6.14. The maximum atomic E-state index is 6.14. The molecular formula is C27H28N2O6. The van der Waals surface area contributed by atoms with Gasteiger partial charge in [-0.1, -0.05) is 6.07 Å². The summed E-state index contributed by atoms with van der Waals surface area (Å²) >= 11 is 0. The maximum Gasteiger partial charge on any atom is 0.203 e. The van der Waals surface area contributed by atoms with Gasteiger partial charge in [-0.2, -0.15) is 0 Å². The standard InChI is InChI=1S/C27H28N2O6/c1-30-23-6-5-7-24(31-2)27(23)34-15-14-28-18-8-10-19(11-9-18)35-22-12-13-29-21-17-26(33-4)25(32-3)16-20(21)22/h5-13,16-17,28H,14-15H2,1-4H3. The van der Waals surface area contributed by atoms with Gasteiger partial charge >= 0.3 is 0 Å². The predicted molar refractivity (Wildman–Crippen MR) is 135 cm³/mol. The molecule has 1 aromatic heterocycles. The minimum atomic E-state index is 0.434. The van der Waals surface area contributed by atoms with Crippen molar-refractivity contribution in [1.29, 1.82) is 0 Å². The van der Waals surface area contributed by atoms with Crippen LogP contribution in [0.25, 0.3) is 10.9 Å². The third-order valence-corrected chi connectivity index (χ3v) is 5.35. The Morgan fingerprint density at radius 2 is 1.37 bits per heavy atom. The van der Waals surface area contributed by atoms with E-state index in [4.69, 9.17) is 28.4 Å². The molecular weight excluding hydrogens is 448 g/mol. The molecule has 3 aromatic carbocycles. The van der Waals surface area contributed by atoms with E-state index in [-0.39, 0.29) is 0 Å². The zero-order valence-corrected chi connectivity index (χ0v) is 20.2. The number of nitrogens with zero attached hydrogens (tertiary/aromatic N) is 1. The molecule has 0 radical (unpaired) electrons. The SMILES string of the molecule is COc1cc2nccc(Oc3ccc(NCCOc4c(OC)cccc4OC)cc3)c2cc1OC. The fraction of sp³-hybridized carbons (Fsp3) is 0.222. The first kappa shape index (κ1) is 23.8. The van der Waals surface area contributed by atoms with Crippen molar-refractivity contribution in [2.75, 3.05) is 46.9 Å². The number of fused-ring (bicyclic) bond motifs is 1. The normalized spacial score (nSPS) is 10.5. The summed E-state index contributed by atoms with van der Waals surface area (Å²) in [7, 11) is 6.41. The van der Waals surface area contributed by atoms with Crippen LogP contribution in [-0.2, 0) is 0 Å². The lowest BCUT2D eigenvalue weighted by molar-refractivity contribution is 0.284. The molecule has 0 aliphatic heterocycles.